The minimum absolute atomic E-state index is 0.0441. The molecule has 2 aromatic rings. The fraction of sp³-hybridized carbons (Fsp3) is 0.333. The first kappa shape index (κ1) is 19.6. The van der Waals surface area contributed by atoms with E-state index in [4.69, 9.17) is 0 Å². The second kappa shape index (κ2) is 8.61. The van der Waals surface area contributed by atoms with E-state index < -0.39 is 0 Å². The van der Waals surface area contributed by atoms with Crippen LogP contribution in [0.5, 0.6) is 0 Å². The van der Waals surface area contributed by atoms with Gasteiger partial charge in [-0.05, 0) is 47.4 Å². The average molecular weight is 356 g/mol. The standard InChI is InChI=1S/C21H25FN2O2/c1-5-20(25)23-19(14(2)3)11-12-24(4)21(26)18-8-6-7-15-13-16(22)9-10-17(15)18/h5-10,13-14,19H,1,11-12H2,2-4H3,(H,23,25). The molecule has 5 heteroatoms. The van der Waals surface area contributed by atoms with E-state index in [0.717, 1.165) is 5.39 Å². The maximum Gasteiger partial charge on any atom is 0.254 e. The summed E-state index contributed by atoms with van der Waals surface area (Å²) in [5.74, 6) is -0.426. The fourth-order valence-electron chi connectivity index (χ4n) is 2.89. The van der Waals surface area contributed by atoms with Crippen LogP contribution >= 0.6 is 0 Å². The lowest BCUT2D eigenvalue weighted by Crippen LogP contribution is -2.40. The summed E-state index contributed by atoms with van der Waals surface area (Å²) in [5.41, 5.74) is 0.543. The molecule has 0 saturated carbocycles. The predicted octanol–water partition coefficient (Wildman–Crippen LogP) is 3.77. The first-order chi connectivity index (χ1) is 12.3. The van der Waals surface area contributed by atoms with Crippen molar-refractivity contribution < 1.29 is 14.0 Å². The van der Waals surface area contributed by atoms with Crippen LogP contribution in [0, 0.1) is 11.7 Å². The fourth-order valence-corrected chi connectivity index (χ4v) is 2.89. The lowest BCUT2D eigenvalue weighted by molar-refractivity contribution is -0.117. The van der Waals surface area contributed by atoms with Crippen LogP contribution in [0.15, 0.2) is 49.1 Å². The van der Waals surface area contributed by atoms with Crippen molar-refractivity contribution in [2.45, 2.75) is 26.3 Å². The Morgan fingerprint density at radius 3 is 2.65 bits per heavy atom. The van der Waals surface area contributed by atoms with Crippen LogP contribution in [0.25, 0.3) is 10.8 Å². The highest BCUT2D eigenvalue weighted by atomic mass is 19.1. The van der Waals surface area contributed by atoms with Gasteiger partial charge in [-0.1, -0.05) is 38.6 Å². The molecule has 0 bridgehead atoms. The Morgan fingerprint density at radius 2 is 2.00 bits per heavy atom. The zero-order valence-electron chi connectivity index (χ0n) is 15.5. The molecule has 4 nitrogen and oxygen atoms in total. The molecule has 2 rings (SSSR count). The number of hydrogen-bond donors (Lipinski definition) is 1. The quantitative estimate of drug-likeness (QED) is 0.768. The minimum atomic E-state index is -0.326. The topological polar surface area (TPSA) is 49.4 Å². The molecule has 2 amide bonds. The molecule has 0 heterocycles. The second-order valence-corrected chi connectivity index (χ2v) is 6.75. The third kappa shape index (κ3) is 4.69. The van der Waals surface area contributed by atoms with Crippen molar-refractivity contribution in [1.29, 1.82) is 0 Å². The Kier molecular flexibility index (Phi) is 6.50. The summed E-state index contributed by atoms with van der Waals surface area (Å²) in [5, 5.41) is 4.32. The number of fused-ring (bicyclic) bond motifs is 1. The molecule has 0 aliphatic carbocycles. The summed E-state index contributed by atoms with van der Waals surface area (Å²) in [6, 6.07) is 9.66. The normalized spacial score (nSPS) is 12.0. The van der Waals surface area contributed by atoms with Crippen LogP contribution < -0.4 is 5.32 Å². The van der Waals surface area contributed by atoms with Crippen molar-refractivity contribution in [3.05, 3.63) is 60.4 Å². The molecule has 0 radical (unpaired) electrons. The molecular weight excluding hydrogens is 331 g/mol. The van der Waals surface area contributed by atoms with Gasteiger partial charge in [-0.15, -0.1) is 0 Å². The van der Waals surface area contributed by atoms with E-state index in [2.05, 4.69) is 11.9 Å². The van der Waals surface area contributed by atoms with Crippen LogP contribution in [0.3, 0.4) is 0 Å². The molecule has 2 aromatic carbocycles. The largest absolute Gasteiger partial charge is 0.350 e. The summed E-state index contributed by atoms with van der Waals surface area (Å²) < 4.78 is 13.4. The van der Waals surface area contributed by atoms with Crippen molar-refractivity contribution in [2.24, 2.45) is 5.92 Å². The van der Waals surface area contributed by atoms with Crippen molar-refractivity contribution >= 4 is 22.6 Å². The van der Waals surface area contributed by atoms with E-state index >= 15 is 0 Å². The zero-order valence-corrected chi connectivity index (χ0v) is 15.5. The van der Waals surface area contributed by atoms with E-state index in [1.54, 1.807) is 36.2 Å². The monoisotopic (exact) mass is 356 g/mol. The Morgan fingerprint density at radius 1 is 1.27 bits per heavy atom. The molecule has 1 unspecified atom stereocenters. The van der Waals surface area contributed by atoms with E-state index in [1.807, 2.05) is 13.8 Å². The Balaban J connectivity index is 2.12. The third-order valence-corrected chi connectivity index (χ3v) is 4.51. The van der Waals surface area contributed by atoms with Crippen molar-refractivity contribution in [1.82, 2.24) is 10.2 Å². The lowest BCUT2D eigenvalue weighted by Gasteiger charge is -2.25. The molecule has 0 fully saturated rings. The maximum absolute atomic E-state index is 13.4. The molecule has 0 saturated heterocycles. The number of hydrogen-bond acceptors (Lipinski definition) is 2. The van der Waals surface area contributed by atoms with Crippen molar-refractivity contribution in [3.63, 3.8) is 0 Å². The number of carbonyl (C=O) groups is 2. The number of carbonyl (C=O) groups excluding carboxylic acids is 2. The number of amides is 2. The van der Waals surface area contributed by atoms with Gasteiger partial charge in [0.05, 0.1) is 0 Å². The Bertz CT molecular complexity index is 817. The van der Waals surface area contributed by atoms with Crippen LogP contribution in [0.4, 0.5) is 4.39 Å². The van der Waals surface area contributed by atoms with Gasteiger partial charge in [-0.3, -0.25) is 9.59 Å². The highest BCUT2D eigenvalue weighted by Crippen LogP contribution is 2.21. The van der Waals surface area contributed by atoms with E-state index in [0.29, 0.717) is 23.9 Å². The number of nitrogens with one attached hydrogen (secondary N) is 1. The highest BCUT2D eigenvalue weighted by molar-refractivity contribution is 6.06. The lowest BCUT2D eigenvalue weighted by atomic mass is 10.00. The molecule has 0 aliphatic rings. The number of nitrogens with zero attached hydrogens (tertiary/aromatic N) is 1. The van der Waals surface area contributed by atoms with Gasteiger partial charge in [-0.2, -0.15) is 0 Å². The first-order valence-corrected chi connectivity index (χ1v) is 8.70. The van der Waals surface area contributed by atoms with Gasteiger partial charge in [0.25, 0.3) is 5.91 Å². The summed E-state index contributed by atoms with van der Waals surface area (Å²) in [6.07, 6.45) is 1.89. The van der Waals surface area contributed by atoms with Crippen molar-refractivity contribution in [3.8, 4) is 0 Å². The molecule has 0 aromatic heterocycles. The molecule has 0 spiro atoms. The summed E-state index contributed by atoms with van der Waals surface area (Å²) in [4.78, 5) is 26.0. The minimum Gasteiger partial charge on any atom is -0.350 e. The number of rotatable bonds is 7. The molecule has 26 heavy (non-hydrogen) atoms. The molecule has 1 N–H and O–H groups in total. The van der Waals surface area contributed by atoms with Crippen LogP contribution in [-0.4, -0.2) is 36.3 Å². The van der Waals surface area contributed by atoms with Gasteiger partial charge in [0, 0.05) is 25.2 Å². The Hall–Kier alpha value is -2.69. The third-order valence-electron chi connectivity index (χ3n) is 4.51. The van der Waals surface area contributed by atoms with Gasteiger partial charge >= 0.3 is 0 Å². The number of halogens is 1. The van der Waals surface area contributed by atoms with E-state index in [-0.39, 0.29) is 29.6 Å². The zero-order chi connectivity index (χ0) is 19.3. The molecule has 138 valence electrons. The molecule has 0 aliphatic heterocycles. The van der Waals surface area contributed by atoms with Gasteiger partial charge in [0.15, 0.2) is 0 Å². The van der Waals surface area contributed by atoms with Crippen LogP contribution in [0.2, 0.25) is 0 Å². The Labute approximate surface area is 153 Å². The van der Waals surface area contributed by atoms with Gasteiger partial charge in [0.2, 0.25) is 5.91 Å². The van der Waals surface area contributed by atoms with Gasteiger partial charge in [-0.25, -0.2) is 4.39 Å². The van der Waals surface area contributed by atoms with Crippen molar-refractivity contribution in [2.75, 3.05) is 13.6 Å². The van der Waals surface area contributed by atoms with Crippen LogP contribution in [-0.2, 0) is 4.79 Å². The smallest absolute Gasteiger partial charge is 0.254 e. The second-order valence-electron chi connectivity index (χ2n) is 6.75. The van der Waals surface area contributed by atoms with Gasteiger partial charge in [0.1, 0.15) is 5.82 Å². The average Bonchev–Trinajstić information content (AvgIpc) is 2.62. The van der Waals surface area contributed by atoms with Gasteiger partial charge < -0.3 is 10.2 Å². The number of benzene rings is 2. The summed E-state index contributed by atoms with van der Waals surface area (Å²) in [6.45, 7) is 8.01. The maximum atomic E-state index is 13.4. The summed E-state index contributed by atoms with van der Waals surface area (Å²) in [7, 11) is 1.73. The molecular formula is C21H25FN2O2. The van der Waals surface area contributed by atoms with Crippen LogP contribution in [0.1, 0.15) is 30.6 Å². The predicted molar refractivity (Wildman–Crippen MR) is 102 cm³/mol. The van der Waals surface area contributed by atoms with E-state index in [1.165, 1.54) is 18.2 Å². The summed E-state index contributed by atoms with van der Waals surface area (Å²) >= 11 is 0. The molecule has 1 atom stereocenters. The first-order valence-electron chi connectivity index (χ1n) is 8.70. The highest BCUT2D eigenvalue weighted by Gasteiger charge is 2.19. The van der Waals surface area contributed by atoms with E-state index in [9.17, 15) is 14.0 Å². The SMILES string of the molecule is C=CC(=O)NC(CCN(C)C(=O)c1cccc2cc(F)ccc12)C(C)C.